The van der Waals surface area contributed by atoms with Crippen molar-refractivity contribution in [3.05, 3.63) is 81.9 Å². The Kier molecular flexibility index (Phi) is 10.3. The first kappa shape index (κ1) is 22.5. The number of rotatable bonds is 2. The van der Waals surface area contributed by atoms with Gasteiger partial charge in [-0.15, -0.1) is 0 Å². The lowest BCUT2D eigenvalue weighted by molar-refractivity contribution is 0.281. The van der Waals surface area contributed by atoms with Crippen LogP contribution in [0.2, 0.25) is 0 Å². The number of aliphatic hydroxyl groups is 1. The highest BCUT2D eigenvalue weighted by Gasteiger charge is 2.08. The van der Waals surface area contributed by atoms with Crippen LogP contribution in [0.15, 0.2) is 48.6 Å². The van der Waals surface area contributed by atoms with E-state index in [0.717, 1.165) is 23.7 Å². The molecule has 0 bridgehead atoms. The number of alkyl halides is 1. The molecule has 0 spiro atoms. The van der Waals surface area contributed by atoms with Crippen molar-refractivity contribution >= 4 is 78.6 Å². The van der Waals surface area contributed by atoms with Crippen LogP contribution in [-0.2, 0) is 24.8 Å². The van der Waals surface area contributed by atoms with E-state index in [1.807, 2.05) is 12.1 Å². The number of halogens is 4. The van der Waals surface area contributed by atoms with Crippen LogP contribution in [0, 0.1) is 0 Å². The first-order valence-electron chi connectivity index (χ1n) is 8.05. The Morgan fingerprint density at radius 1 is 0.808 bits per heavy atom. The van der Waals surface area contributed by atoms with Crippen molar-refractivity contribution in [2.75, 3.05) is 0 Å². The molecule has 2 aliphatic rings. The standard InChI is InChI=1S/C10H9Br.C10H10O.Br3P/c2*11-7-9-5-1-3-8-4-2-6-10(8)9;1-4(2)3/h1-3,5-6H,4,7H2;1-3,5-6,11H,4,7H2;. The van der Waals surface area contributed by atoms with Gasteiger partial charge in [0.25, 0.3) is 0 Å². The fourth-order valence-electron chi connectivity index (χ4n) is 2.98. The van der Waals surface area contributed by atoms with Crippen LogP contribution < -0.4 is 0 Å². The molecule has 0 saturated carbocycles. The normalized spacial score (nSPS) is 12.8. The van der Waals surface area contributed by atoms with Gasteiger partial charge in [0.15, 0.2) is 0 Å². The molecule has 0 saturated heterocycles. The number of fused-ring (bicyclic) bond motifs is 2. The van der Waals surface area contributed by atoms with Crippen LogP contribution in [-0.4, -0.2) is 5.11 Å². The minimum absolute atomic E-state index is 0.146. The molecule has 6 heteroatoms. The monoisotopic (exact) mass is 622 g/mol. The van der Waals surface area contributed by atoms with Crippen molar-refractivity contribution in [1.29, 1.82) is 0 Å². The lowest BCUT2D eigenvalue weighted by Gasteiger charge is -2.02. The summed E-state index contributed by atoms with van der Waals surface area (Å²) >= 11 is 13.0. The van der Waals surface area contributed by atoms with E-state index in [9.17, 15) is 0 Å². The summed E-state index contributed by atoms with van der Waals surface area (Å²) in [5, 5.41) is 9.93. The molecule has 1 nitrogen and oxygen atoms in total. The van der Waals surface area contributed by atoms with Crippen LogP contribution >= 0.6 is 66.4 Å². The summed E-state index contributed by atoms with van der Waals surface area (Å²) in [5.74, 6) is 0. The molecular formula is C20H19Br4OP. The highest BCUT2D eigenvalue weighted by molar-refractivity contribution is 9.93. The third-order valence-electron chi connectivity index (χ3n) is 4.13. The average molecular weight is 626 g/mol. The summed E-state index contributed by atoms with van der Waals surface area (Å²) in [4.78, 5) is 0. The molecule has 4 rings (SSSR count). The molecule has 2 aromatic carbocycles. The molecule has 0 radical (unpaired) electrons. The molecule has 2 aromatic rings. The van der Waals surface area contributed by atoms with Gasteiger partial charge in [-0.1, -0.05) is 76.6 Å². The Balaban J connectivity index is 0.000000156. The van der Waals surface area contributed by atoms with E-state index >= 15 is 0 Å². The Labute approximate surface area is 189 Å². The second-order valence-electron chi connectivity index (χ2n) is 5.68. The summed E-state index contributed by atoms with van der Waals surface area (Å²) in [5.41, 5.74) is 7.87. The van der Waals surface area contributed by atoms with Gasteiger partial charge >= 0.3 is 0 Å². The quantitative estimate of drug-likeness (QED) is 0.263. The van der Waals surface area contributed by atoms with E-state index in [0.29, 0.717) is 0 Å². The van der Waals surface area contributed by atoms with Gasteiger partial charge in [-0.25, -0.2) is 0 Å². The van der Waals surface area contributed by atoms with Crippen molar-refractivity contribution in [1.82, 2.24) is 0 Å². The van der Waals surface area contributed by atoms with Gasteiger partial charge in [-0.05, 0) is 92.7 Å². The van der Waals surface area contributed by atoms with E-state index < -0.39 is 0 Å². The molecule has 0 atom stereocenters. The van der Waals surface area contributed by atoms with Crippen molar-refractivity contribution in [2.45, 2.75) is 24.8 Å². The van der Waals surface area contributed by atoms with Crippen molar-refractivity contribution in [2.24, 2.45) is 0 Å². The maximum atomic E-state index is 8.97. The third kappa shape index (κ3) is 6.68. The fourth-order valence-corrected chi connectivity index (χ4v) is 3.47. The number of hydrogen-bond acceptors (Lipinski definition) is 1. The molecule has 0 aliphatic heterocycles. The smallest absolute Gasteiger partial charge is 0.103 e. The summed E-state index contributed by atoms with van der Waals surface area (Å²) in [6.45, 7) is 0.146. The molecule has 0 heterocycles. The second kappa shape index (κ2) is 11.9. The Bertz CT molecular complexity index is 721. The largest absolute Gasteiger partial charge is 0.392 e. The Morgan fingerprint density at radius 2 is 1.27 bits per heavy atom. The number of benzene rings is 2. The zero-order valence-corrected chi connectivity index (χ0v) is 21.2. The van der Waals surface area contributed by atoms with E-state index in [2.05, 4.69) is 111 Å². The molecule has 26 heavy (non-hydrogen) atoms. The maximum Gasteiger partial charge on any atom is 0.103 e. The van der Waals surface area contributed by atoms with Gasteiger partial charge in [0.05, 0.1) is 6.61 Å². The molecule has 2 aliphatic carbocycles. The third-order valence-corrected chi connectivity index (χ3v) is 4.74. The Morgan fingerprint density at radius 3 is 1.73 bits per heavy atom. The van der Waals surface area contributed by atoms with Gasteiger partial charge in [-0.3, -0.25) is 0 Å². The highest BCUT2D eigenvalue weighted by Crippen LogP contribution is 2.59. The van der Waals surface area contributed by atoms with Gasteiger partial charge in [-0.2, -0.15) is 0 Å². The van der Waals surface area contributed by atoms with E-state index in [1.54, 1.807) is 0 Å². The van der Waals surface area contributed by atoms with E-state index in [-0.39, 0.29) is 10.6 Å². The molecule has 138 valence electrons. The van der Waals surface area contributed by atoms with Crippen LogP contribution in [0.4, 0.5) is 0 Å². The van der Waals surface area contributed by atoms with Crippen LogP contribution in [0.25, 0.3) is 12.2 Å². The fraction of sp³-hybridized carbons (Fsp3) is 0.200. The van der Waals surface area contributed by atoms with Crippen LogP contribution in [0.3, 0.4) is 0 Å². The van der Waals surface area contributed by atoms with Gasteiger partial charge < -0.3 is 5.11 Å². The molecule has 0 fully saturated rings. The van der Waals surface area contributed by atoms with E-state index in [4.69, 9.17) is 5.11 Å². The van der Waals surface area contributed by atoms with Gasteiger partial charge in [0.1, 0.15) is 4.03 Å². The minimum atomic E-state index is -0.183. The summed E-state index contributed by atoms with van der Waals surface area (Å²) in [7, 11) is 0. The predicted molar refractivity (Wildman–Crippen MR) is 131 cm³/mol. The van der Waals surface area contributed by atoms with E-state index in [1.165, 1.54) is 27.8 Å². The van der Waals surface area contributed by atoms with Gasteiger partial charge in [0.2, 0.25) is 0 Å². The average Bonchev–Trinajstić information content (AvgIpc) is 3.30. The molecule has 0 amide bonds. The zero-order chi connectivity index (χ0) is 18.9. The van der Waals surface area contributed by atoms with Crippen LogP contribution in [0.5, 0.6) is 0 Å². The molecular weight excluding hydrogens is 607 g/mol. The topological polar surface area (TPSA) is 20.2 Å². The maximum absolute atomic E-state index is 8.97. The first-order valence-corrected chi connectivity index (χ1v) is 16.6. The summed E-state index contributed by atoms with van der Waals surface area (Å²) < 4.78 is -0.183. The first-order chi connectivity index (χ1) is 12.6. The lowest BCUT2D eigenvalue weighted by Crippen LogP contribution is -1.89. The zero-order valence-electron chi connectivity index (χ0n) is 14.0. The minimum Gasteiger partial charge on any atom is -0.392 e. The number of allylic oxidation sites excluding steroid dienone is 2. The summed E-state index contributed by atoms with van der Waals surface area (Å²) in [6.07, 6.45) is 10.8. The van der Waals surface area contributed by atoms with Gasteiger partial charge in [0, 0.05) is 5.33 Å². The van der Waals surface area contributed by atoms with Crippen molar-refractivity contribution in [3.63, 3.8) is 0 Å². The highest BCUT2D eigenvalue weighted by atomic mass is 80.0. The predicted octanol–water partition coefficient (Wildman–Crippen LogP) is 8.30. The molecule has 0 unspecified atom stereocenters. The number of aliphatic hydroxyl groups excluding tert-OH is 1. The molecule has 1 N–H and O–H groups in total. The SMILES string of the molecule is BrCc1cccc2c1C=CC2.BrP(Br)Br.OCc1cccc2c1C=CC2. The Hall–Kier alpha value is 0.230. The second-order valence-corrected chi connectivity index (χ2v) is 21.6. The van der Waals surface area contributed by atoms with Crippen LogP contribution in [0.1, 0.15) is 33.4 Å². The summed E-state index contributed by atoms with van der Waals surface area (Å²) in [6, 6.07) is 12.6. The van der Waals surface area contributed by atoms with Crippen molar-refractivity contribution in [3.8, 4) is 0 Å². The molecule has 0 aromatic heterocycles. The van der Waals surface area contributed by atoms with Crippen molar-refractivity contribution < 1.29 is 5.11 Å². The number of hydrogen-bond donors (Lipinski definition) is 1. The lowest BCUT2D eigenvalue weighted by atomic mass is 10.0.